The van der Waals surface area contributed by atoms with Crippen LogP contribution >= 0.6 is 0 Å². The smallest absolute Gasteiger partial charge is 0.310 e. The highest BCUT2D eigenvalue weighted by atomic mass is 19.1. The number of carbonyl (C=O) groups is 3. The van der Waals surface area contributed by atoms with Crippen molar-refractivity contribution in [3.05, 3.63) is 29.6 Å². The Morgan fingerprint density at radius 1 is 1.24 bits per heavy atom. The lowest BCUT2D eigenvalue weighted by Crippen LogP contribution is -2.42. The zero-order valence-electron chi connectivity index (χ0n) is 14.6. The number of methoxy groups -OCH3 is 1. The molecule has 0 aromatic heterocycles. The van der Waals surface area contributed by atoms with Gasteiger partial charge in [-0.3, -0.25) is 14.4 Å². The summed E-state index contributed by atoms with van der Waals surface area (Å²) in [6, 6.07) is 4.13. The summed E-state index contributed by atoms with van der Waals surface area (Å²) in [5, 5.41) is 2.59. The van der Waals surface area contributed by atoms with Crippen LogP contribution in [0.5, 0.6) is 5.75 Å². The van der Waals surface area contributed by atoms with Crippen LogP contribution in [-0.4, -0.2) is 56.0 Å². The van der Waals surface area contributed by atoms with Gasteiger partial charge in [0.15, 0.2) is 18.2 Å². The molecule has 138 valence electrons. The van der Waals surface area contributed by atoms with E-state index >= 15 is 0 Å². The third kappa shape index (κ3) is 6.78. The van der Waals surface area contributed by atoms with Crippen LogP contribution in [0.25, 0.3) is 0 Å². The predicted molar refractivity (Wildman–Crippen MR) is 88.6 cm³/mol. The molecule has 0 heterocycles. The Morgan fingerprint density at radius 3 is 2.52 bits per heavy atom. The van der Waals surface area contributed by atoms with Crippen LogP contribution in [0.15, 0.2) is 18.2 Å². The van der Waals surface area contributed by atoms with Crippen LogP contribution in [0.2, 0.25) is 0 Å². The van der Waals surface area contributed by atoms with Crippen molar-refractivity contribution in [2.24, 2.45) is 0 Å². The van der Waals surface area contributed by atoms with Crippen LogP contribution in [0.4, 0.5) is 4.39 Å². The number of benzene rings is 1. The summed E-state index contributed by atoms with van der Waals surface area (Å²) in [5.74, 6) is -1.91. The number of nitrogens with one attached hydrogen (secondary N) is 1. The second kappa shape index (κ2) is 10.3. The molecule has 1 N–H and O–H groups in total. The minimum atomic E-state index is -0.660. The van der Waals surface area contributed by atoms with Gasteiger partial charge in [0, 0.05) is 13.1 Å². The van der Waals surface area contributed by atoms with E-state index in [1.165, 1.54) is 24.1 Å². The molecule has 0 aliphatic carbocycles. The number of rotatable bonds is 9. The van der Waals surface area contributed by atoms with Gasteiger partial charge in [-0.15, -0.1) is 0 Å². The van der Waals surface area contributed by atoms with E-state index in [-0.39, 0.29) is 24.6 Å². The van der Waals surface area contributed by atoms with Crippen LogP contribution < -0.4 is 10.1 Å². The first kappa shape index (κ1) is 20.4. The van der Waals surface area contributed by atoms with Gasteiger partial charge in [-0.2, -0.15) is 0 Å². The van der Waals surface area contributed by atoms with Crippen molar-refractivity contribution in [3.8, 4) is 5.75 Å². The minimum Gasteiger partial charge on any atom is -0.494 e. The van der Waals surface area contributed by atoms with E-state index in [2.05, 4.69) is 5.32 Å². The number of hydrogen-bond acceptors (Lipinski definition) is 5. The second-order valence-corrected chi connectivity index (χ2v) is 5.17. The average molecular weight is 354 g/mol. The number of likely N-dealkylation sites (N-methyl/N-ethyl adjacent to an activating group) is 2. The number of ether oxygens (including phenoxy) is 2. The number of hydrogen-bond donors (Lipinski definition) is 1. The third-order valence-electron chi connectivity index (χ3n) is 3.36. The number of nitrogens with zero attached hydrogens (tertiary/aromatic N) is 1. The van der Waals surface area contributed by atoms with Gasteiger partial charge in [-0.1, -0.05) is 6.07 Å². The van der Waals surface area contributed by atoms with E-state index in [1.54, 1.807) is 19.9 Å². The predicted octanol–water partition coefficient (Wildman–Crippen LogP) is 0.905. The molecule has 0 radical (unpaired) electrons. The lowest BCUT2D eigenvalue weighted by Gasteiger charge is -2.20. The fourth-order valence-electron chi connectivity index (χ4n) is 2.07. The van der Waals surface area contributed by atoms with E-state index in [0.717, 1.165) is 0 Å². The lowest BCUT2D eigenvalue weighted by molar-refractivity contribution is -0.152. The van der Waals surface area contributed by atoms with Crippen LogP contribution in [0.1, 0.15) is 19.4 Å². The highest BCUT2D eigenvalue weighted by Gasteiger charge is 2.17. The Hall–Kier alpha value is -2.64. The average Bonchev–Trinajstić information content (AvgIpc) is 2.58. The molecule has 0 spiro atoms. The molecule has 0 fully saturated rings. The SMILES string of the molecule is CCNC(=O)CN(CC)C(=O)COC(=O)Cc1ccc(OC)c(F)c1. The van der Waals surface area contributed by atoms with Crippen molar-refractivity contribution in [2.45, 2.75) is 20.3 Å². The van der Waals surface area contributed by atoms with Crippen molar-refractivity contribution in [2.75, 3.05) is 33.4 Å². The highest BCUT2D eigenvalue weighted by Crippen LogP contribution is 2.18. The molecule has 1 aromatic carbocycles. The Labute approximate surface area is 146 Å². The van der Waals surface area contributed by atoms with Gasteiger partial charge in [0.05, 0.1) is 20.1 Å². The fraction of sp³-hybridized carbons (Fsp3) is 0.471. The summed E-state index contributed by atoms with van der Waals surface area (Å²) in [6.07, 6.45) is -0.170. The van der Waals surface area contributed by atoms with E-state index in [1.807, 2.05) is 0 Å². The van der Waals surface area contributed by atoms with Crippen LogP contribution in [0, 0.1) is 5.82 Å². The topological polar surface area (TPSA) is 84.9 Å². The summed E-state index contributed by atoms with van der Waals surface area (Å²) in [7, 11) is 1.35. The van der Waals surface area contributed by atoms with Crippen molar-refractivity contribution in [1.29, 1.82) is 0 Å². The molecule has 1 aromatic rings. The van der Waals surface area contributed by atoms with Gasteiger partial charge in [0.2, 0.25) is 5.91 Å². The molecular formula is C17H23FN2O5. The number of carbonyl (C=O) groups excluding carboxylic acids is 3. The normalized spacial score (nSPS) is 10.1. The molecule has 1 rings (SSSR count). The van der Waals surface area contributed by atoms with E-state index in [9.17, 15) is 18.8 Å². The Bertz CT molecular complexity index is 621. The summed E-state index contributed by atoms with van der Waals surface area (Å²) in [5.41, 5.74) is 0.408. The molecule has 0 aliphatic heterocycles. The zero-order valence-corrected chi connectivity index (χ0v) is 14.6. The molecule has 7 nitrogen and oxygen atoms in total. The van der Waals surface area contributed by atoms with Crippen molar-refractivity contribution >= 4 is 17.8 Å². The van der Waals surface area contributed by atoms with E-state index < -0.39 is 24.3 Å². The van der Waals surface area contributed by atoms with Crippen LogP contribution in [-0.2, 0) is 25.5 Å². The summed E-state index contributed by atoms with van der Waals surface area (Å²) in [4.78, 5) is 36.6. The monoisotopic (exact) mass is 354 g/mol. The molecule has 0 unspecified atom stereocenters. The Morgan fingerprint density at radius 2 is 1.96 bits per heavy atom. The molecule has 0 saturated heterocycles. The van der Waals surface area contributed by atoms with Gasteiger partial charge >= 0.3 is 5.97 Å². The molecule has 0 bridgehead atoms. The Balaban J connectivity index is 2.50. The van der Waals surface area contributed by atoms with Crippen molar-refractivity contribution in [3.63, 3.8) is 0 Å². The maximum Gasteiger partial charge on any atom is 0.310 e. The molecule has 8 heteroatoms. The number of halogens is 1. The molecule has 0 atom stereocenters. The molecule has 2 amide bonds. The molecule has 0 aliphatic rings. The van der Waals surface area contributed by atoms with Crippen molar-refractivity contribution < 1.29 is 28.2 Å². The number of esters is 1. The first-order valence-electron chi connectivity index (χ1n) is 7.93. The van der Waals surface area contributed by atoms with Gasteiger partial charge in [0.25, 0.3) is 5.91 Å². The minimum absolute atomic E-state index is 0.0799. The first-order chi connectivity index (χ1) is 11.9. The molecule has 25 heavy (non-hydrogen) atoms. The highest BCUT2D eigenvalue weighted by molar-refractivity contribution is 5.86. The van der Waals surface area contributed by atoms with Crippen molar-refractivity contribution in [1.82, 2.24) is 10.2 Å². The largest absolute Gasteiger partial charge is 0.494 e. The van der Waals surface area contributed by atoms with E-state index in [0.29, 0.717) is 18.7 Å². The van der Waals surface area contributed by atoms with Gasteiger partial charge in [-0.05, 0) is 31.5 Å². The molecule has 0 saturated carbocycles. The van der Waals surface area contributed by atoms with Gasteiger partial charge in [-0.25, -0.2) is 4.39 Å². The Kier molecular flexibility index (Phi) is 8.38. The quantitative estimate of drug-likeness (QED) is 0.666. The summed E-state index contributed by atoms with van der Waals surface area (Å²) < 4.78 is 23.3. The third-order valence-corrected chi connectivity index (χ3v) is 3.36. The summed E-state index contributed by atoms with van der Waals surface area (Å²) >= 11 is 0. The standard InChI is InChI=1S/C17H23FN2O5/c1-4-19-15(21)10-20(5-2)16(22)11-25-17(23)9-12-6-7-14(24-3)13(18)8-12/h6-8H,4-5,9-11H2,1-3H3,(H,19,21). The van der Waals surface area contributed by atoms with Gasteiger partial charge in [0.1, 0.15) is 0 Å². The first-order valence-corrected chi connectivity index (χ1v) is 7.93. The number of amides is 2. The fourth-order valence-corrected chi connectivity index (χ4v) is 2.07. The molecular weight excluding hydrogens is 331 g/mol. The lowest BCUT2D eigenvalue weighted by atomic mass is 10.1. The zero-order chi connectivity index (χ0) is 18.8. The summed E-state index contributed by atoms with van der Waals surface area (Å²) in [6.45, 7) is 3.73. The maximum atomic E-state index is 13.6. The van der Waals surface area contributed by atoms with E-state index in [4.69, 9.17) is 9.47 Å². The second-order valence-electron chi connectivity index (χ2n) is 5.17. The maximum absolute atomic E-state index is 13.6. The van der Waals surface area contributed by atoms with Crippen LogP contribution in [0.3, 0.4) is 0 Å². The van der Waals surface area contributed by atoms with Gasteiger partial charge < -0.3 is 19.7 Å².